The van der Waals surface area contributed by atoms with Crippen molar-refractivity contribution in [3.05, 3.63) is 35.5 Å². The maximum atomic E-state index is 12.6. The monoisotopic (exact) mass is 376 g/mol. The number of hydrogen-bond donors (Lipinski definition) is 0. The van der Waals surface area contributed by atoms with Gasteiger partial charge in [0.1, 0.15) is 0 Å². The van der Waals surface area contributed by atoms with Crippen molar-refractivity contribution < 1.29 is 19.1 Å². The first-order chi connectivity index (χ1) is 12.9. The molecule has 0 unspecified atom stereocenters. The van der Waals surface area contributed by atoms with E-state index in [4.69, 9.17) is 9.47 Å². The molecule has 1 aliphatic rings. The van der Waals surface area contributed by atoms with Crippen LogP contribution in [0.5, 0.6) is 0 Å². The number of ether oxygens (including phenoxy) is 2. The largest absolute Gasteiger partial charge is 0.462 e. The molecule has 4 nitrogen and oxygen atoms in total. The van der Waals surface area contributed by atoms with E-state index in [0.29, 0.717) is 13.2 Å². The van der Waals surface area contributed by atoms with Crippen LogP contribution < -0.4 is 0 Å². The lowest BCUT2D eigenvalue weighted by atomic mass is 9.93. The molecule has 0 N–H and O–H groups in total. The number of carbonyl (C=O) groups is 2. The molecule has 0 aliphatic heterocycles. The summed E-state index contributed by atoms with van der Waals surface area (Å²) in [5.74, 6) is -0.911. The fourth-order valence-corrected chi connectivity index (χ4v) is 2.73. The van der Waals surface area contributed by atoms with E-state index in [9.17, 15) is 9.59 Å². The number of carbonyl (C=O) groups excluding carboxylic acids is 2. The minimum absolute atomic E-state index is 0.240. The minimum Gasteiger partial charge on any atom is -0.462 e. The Labute approximate surface area is 164 Å². The highest BCUT2D eigenvalue weighted by molar-refractivity contribution is 6.04. The highest BCUT2D eigenvalue weighted by Gasteiger charge is 2.24. The molecule has 4 heteroatoms. The molecule has 0 aromatic carbocycles. The number of esters is 2. The van der Waals surface area contributed by atoms with Crippen LogP contribution >= 0.6 is 0 Å². The number of rotatable bonds is 12. The average molecular weight is 377 g/mol. The molecular formula is C23H36O4. The molecule has 0 fully saturated rings. The van der Waals surface area contributed by atoms with Crippen molar-refractivity contribution in [2.24, 2.45) is 5.41 Å². The van der Waals surface area contributed by atoms with Crippen LogP contribution in [0.25, 0.3) is 0 Å². The molecule has 0 aromatic heterocycles. The van der Waals surface area contributed by atoms with Gasteiger partial charge in [-0.15, -0.1) is 0 Å². The summed E-state index contributed by atoms with van der Waals surface area (Å²) in [5, 5.41) is 0. The van der Waals surface area contributed by atoms with Gasteiger partial charge in [0.2, 0.25) is 0 Å². The van der Waals surface area contributed by atoms with Crippen LogP contribution in [0.2, 0.25) is 0 Å². The number of hydrogen-bond acceptors (Lipinski definition) is 4. The van der Waals surface area contributed by atoms with Gasteiger partial charge in [-0.1, -0.05) is 78.4 Å². The minimum atomic E-state index is -0.456. The molecular weight excluding hydrogens is 340 g/mol. The Hall–Kier alpha value is -1.84. The topological polar surface area (TPSA) is 52.6 Å². The van der Waals surface area contributed by atoms with Crippen molar-refractivity contribution in [2.75, 3.05) is 13.2 Å². The van der Waals surface area contributed by atoms with Crippen LogP contribution in [0.3, 0.4) is 0 Å². The Kier molecular flexibility index (Phi) is 10.8. The predicted octanol–water partition coefficient (Wildman–Crippen LogP) is 5.68. The van der Waals surface area contributed by atoms with Crippen molar-refractivity contribution in [2.45, 2.75) is 79.1 Å². The van der Waals surface area contributed by atoms with Crippen LogP contribution in [-0.4, -0.2) is 25.2 Å². The van der Waals surface area contributed by atoms with Crippen LogP contribution in [0.1, 0.15) is 79.1 Å². The van der Waals surface area contributed by atoms with Crippen LogP contribution in [0, 0.1) is 5.41 Å². The molecule has 1 rings (SSSR count). The highest BCUT2D eigenvalue weighted by atomic mass is 16.5. The molecule has 0 spiro atoms. The van der Waals surface area contributed by atoms with Gasteiger partial charge in [0.25, 0.3) is 0 Å². The maximum Gasteiger partial charge on any atom is 0.338 e. The molecule has 0 bridgehead atoms. The summed E-state index contributed by atoms with van der Waals surface area (Å²) in [4.78, 5) is 25.1. The summed E-state index contributed by atoms with van der Waals surface area (Å²) in [7, 11) is 0. The van der Waals surface area contributed by atoms with E-state index < -0.39 is 11.9 Å². The predicted molar refractivity (Wildman–Crippen MR) is 109 cm³/mol. The second-order valence-corrected chi connectivity index (χ2v) is 7.71. The third-order valence-corrected chi connectivity index (χ3v) is 4.55. The van der Waals surface area contributed by atoms with Gasteiger partial charge in [-0.05, 0) is 25.0 Å². The Morgan fingerprint density at radius 3 is 1.52 bits per heavy atom. The van der Waals surface area contributed by atoms with Gasteiger partial charge in [-0.3, -0.25) is 0 Å². The Morgan fingerprint density at radius 2 is 1.15 bits per heavy atom. The van der Waals surface area contributed by atoms with Crippen LogP contribution in [0.4, 0.5) is 0 Å². The molecule has 1 aliphatic carbocycles. The summed E-state index contributed by atoms with van der Waals surface area (Å²) < 4.78 is 10.8. The molecule has 0 amide bonds. The zero-order chi connectivity index (χ0) is 20.1. The van der Waals surface area contributed by atoms with Crippen LogP contribution in [0.15, 0.2) is 35.5 Å². The van der Waals surface area contributed by atoms with E-state index in [1.165, 1.54) is 0 Å². The third-order valence-electron chi connectivity index (χ3n) is 4.55. The standard InChI is InChI=1S/C23H36O4/c1-5-7-9-11-17-26-21(24)19-13-15-23(3,4)16-14-20(19)22(25)27-18-12-10-8-6-2/h13-16H,5-12,17-18H2,1-4H3. The molecule has 0 atom stereocenters. The molecule has 27 heavy (non-hydrogen) atoms. The van der Waals surface area contributed by atoms with E-state index in [1.807, 2.05) is 26.0 Å². The SMILES string of the molecule is CCCCCCOC(=O)C1=C(C(=O)OCCCCCC)C=CC(C)(C)C=C1. The third kappa shape index (κ3) is 9.07. The van der Waals surface area contributed by atoms with E-state index in [1.54, 1.807) is 12.2 Å². The molecule has 0 saturated heterocycles. The molecule has 152 valence electrons. The zero-order valence-electron chi connectivity index (χ0n) is 17.5. The normalized spacial score (nSPS) is 15.6. The lowest BCUT2D eigenvalue weighted by Crippen LogP contribution is -2.15. The van der Waals surface area contributed by atoms with Crippen molar-refractivity contribution >= 4 is 11.9 Å². The summed E-state index contributed by atoms with van der Waals surface area (Å²) >= 11 is 0. The summed E-state index contributed by atoms with van der Waals surface area (Å²) in [6.07, 6.45) is 15.5. The van der Waals surface area contributed by atoms with Gasteiger partial charge in [-0.2, -0.15) is 0 Å². The molecule has 0 heterocycles. The molecule has 0 radical (unpaired) electrons. The summed E-state index contributed by atoms with van der Waals surface area (Å²) in [6, 6.07) is 0. The van der Waals surface area contributed by atoms with Gasteiger partial charge < -0.3 is 9.47 Å². The van der Waals surface area contributed by atoms with E-state index in [-0.39, 0.29) is 16.6 Å². The van der Waals surface area contributed by atoms with E-state index >= 15 is 0 Å². The zero-order valence-corrected chi connectivity index (χ0v) is 17.5. The Morgan fingerprint density at radius 1 is 0.741 bits per heavy atom. The Bertz CT molecular complexity index is 519. The van der Waals surface area contributed by atoms with Crippen molar-refractivity contribution in [3.63, 3.8) is 0 Å². The maximum absolute atomic E-state index is 12.6. The van der Waals surface area contributed by atoms with Gasteiger partial charge in [-0.25, -0.2) is 9.59 Å². The van der Waals surface area contributed by atoms with E-state index in [0.717, 1.165) is 51.4 Å². The lowest BCUT2D eigenvalue weighted by molar-refractivity contribution is -0.141. The lowest BCUT2D eigenvalue weighted by Gasteiger charge is -2.12. The number of allylic oxidation sites excluding steroid dienone is 2. The quantitative estimate of drug-likeness (QED) is 0.325. The molecule has 0 saturated carbocycles. The van der Waals surface area contributed by atoms with Crippen molar-refractivity contribution in [3.8, 4) is 0 Å². The van der Waals surface area contributed by atoms with Crippen LogP contribution in [-0.2, 0) is 19.1 Å². The van der Waals surface area contributed by atoms with Gasteiger partial charge >= 0.3 is 11.9 Å². The average Bonchev–Trinajstić information content (AvgIpc) is 2.79. The first kappa shape index (κ1) is 23.2. The summed E-state index contributed by atoms with van der Waals surface area (Å²) in [6.45, 7) is 9.08. The fourth-order valence-electron chi connectivity index (χ4n) is 2.73. The van der Waals surface area contributed by atoms with Crippen molar-refractivity contribution in [1.82, 2.24) is 0 Å². The van der Waals surface area contributed by atoms with E-state index in [2.05, 4.69) is 13.8 Å². The van der Waals surface area contributed by atoms with Crippen molar-refractivity contribution in [1.29, 1.82) is 0 Å². The second-order valence-electron chi connectivity index (χ2n) is 7.71. The summed E-state index contributed by atoms with van der Waals surface area (Å²) in [5.41, 5.74) is 0.326. The number of unbranched alkanes of at least 4 members (excludes halogenated alkanes) is 6. The molecule has 0 aromatic rings. The first-order valence-electron chi connectivity index (χ1n) is 10.4. The van der Waals surface area contributed by atoms with Gasteiger partial charge in [0.15, 0.2) is 0 Å². The highest BCUT2D eigenvalue weighted by Crippen LogP contribution is 2.27. The van der Waals surface area contributed by atoms with Gasteiger partial charge in [0.05, 0.1) is 24.4 Å². The smallest absolute Gasteiger partial charge is 0.338 e. The Balaban J connectivity index is 2.78. The second kappa shape index (κ2) is 12.5. The van der Waals surface area contributed by atoms with Gasteiger partial charge in [0, 0.05) is 5.41 Å². The fraction of sp³-hybridized carbons (Fsp3) is 0.652. The first-order valence-corrected chi connectivity index (χ1v) is 10.4.